The summed E-state index contributed by atoms with van der Waals surface area (Å²) in [5.41, 5.74) is 2.61. The Morgan fingerprint density at radius 2 is 2.03 bits per heavy atom. The number of nitrogens with one attached hydrogen (secondary N) is 1. The highest BCUT2D eigenvalue weighted by molar-refractivity contribution is 7.15. The highest BCUT2D eigenvalue weighted by atomic mass is 35.5. The minimum atomic E-state index is -0.202. The fraction of sp³-hybridized carbons (Fsp3) is 0.0952. The van der Waals surface area contributed by atoms with E-state index in [2.05, 4.69) is 10.3 Å². The van der Waals surface area contributed by atoms with E-state index in [1.807, 2.05) is 12.1 Å². The van der Waals surface area contributed by atoms with E-state index in [0.29, 0.717) is 26.4 Å². The lowest BCUT2D eigenvalue weighted by molar-refractivity contribution is -0.114. The minimum absolute atomic E-state index is 0.138. The van der Waals surface area contributed by atoms with Crippen molar-refractivity contribution < 1.29 is 14.6 Å². The molecule has 0 radical (unpaired) electrons. The van der Waals surface area contributed by atoms with Gasteiger partial charge in [-0.3, -0.25) is 14.0 Å². The molecule has 0 bridgehead atoms. The maximum absolute atomic E-state index is 12.8. The number of anilines is 1. The number of methoxy groups -OCH3 is 1. The van der Waals surface area contributed by atoms with Gasteiger partial charge in [-0.05, 0) is 35.9 Å². The molecule has 2 N–H and O–H groups in total. The van der Waals surface area contributed by atoms with Crippen LogP contribution in [0, 0.1) is 0 Å². The molecule has 0 unspecified atom stereocenters. The molecule has 0 aliphatic heterocycles. The third-order valence-corrected chi connectivity index (χ3v) is 5.64. The quantitative estimate of drug-likeness (QED) is 0.507. The number of hydrogen-bond donors (Lipinski definition) is 2. The van der Waals surface area contributed by atoms with Crippen molar-refractivity contribution in [3.63, 3.8) is 0 Å². The molecule has 9 heteroatoms. The Morgan fingerprint density at radius 1 is 1.30 bits per heavy atom. The van der Waals surface area contributed by atoms with Crippen molar-refractivity contribution in [1.82, 2.24) is 9.38 Å². The third kappa shape index (κ3) is 3.74. The number of halogens is 1. The number of carbonyl (C=O) groups excluding carboxylic acids is 1. The Morgan fingerprint density at radius 3 is 2.67 bits per heavy atom. The van der Waals surface area contributed by atoms with Crippen molar-refractivity contribution in [2.45, 2.75) is 6.92 Å². The fourth-order valence-corrected chi connectivity index (χ4v) is 4.16. The van der Waals surface area contributed by atoms with Crippen LogP contribution in [-0.4, -0.2) is 27.5 Å². The zero-order chi connectivity index (χ0) is 21.4. The zero-order valence-corrected chi connectivity index (χ0v) is 17.5. The van der Waals surface area contributed by atoms with Gasteiger partial charge in [-0.1, -0.05) is 35.1 Å². The number of carbonyl (C=O) groups is 1. The molecule has 7 nitrogen and oxygen atoms in total. The maximum Gasteiger partial charge on any atom is 0.274 e. The first-order chi connectivity index (χ1) is 14.4. The number of aromatic nitrogens is 2. The number of hydrogen-bond acceptors (Lipinski definition) is 6. The first-order valence-electron chi connectivity index (χ1n) is 8.84. The SMILES string of the molecule is COc1cc(/C=c2\sc3nc(-c4ccc(NC(C)=O)cc4)cn3c2=O)cc(Cl)c1O. The van der Waals surface area contributed by atoms with Gasteiger partial charge < -0.3 is 15.2 Å². The summed E-state index contributed by atoms with van der Waals surface area (Å²) in [5.74, 6) is -0.0566. The minimum Gasteiger partial charge on any atom is -0.503 e. The molecule has 2 aromatic carbocycles. The van der Waals surface area contributed by atoms with Crippen LogP contribution in [0.5, 0.6) is 11.5 Å². The second-order valence-electron chi connectivity index (χ2n) is 6.51. The topological polar surface area (TPSA) is 92.9 Å². The van der Waals surface area contributed by atoms with Crippen molar-refractivity contribution >= 4 is 45.6 Å². The number of phenols is 1. The number of rotatable bonds is 4. The predicted octanol–water partition coefficient (Wildman–Crippen LogP) is 3.30. The number of aromatic hydroxyl groups is 1. The van der Waals surface area contributed by atoms with Gasteiger partial charge >= 0.3 is 0 Å². The summed E-state index contributed by atoms with van der Waals surface area (Å²) in [4.78, 5) is 29.0. The molecule has 152 valence electrons. The van der Waals surface area contributed by atoms with Crippen LogP contribution >= 0.6 is 22.9 Å². The van der Waals surface area contributed by atoms with Crippen LogP contribution in [0.1, 0.15) is 12.5 Å². The second kappa shape index (κ2) is 7.81. The van der Waals surface area contributed by atoms with Gasteiger partial charge in [0.05, 0.1) is 22.4 Å². The van der Waals surface area contributed by atoms with E-state index in [1.165, 1.54) is 29.8 Å². The first-order valence-corrected chi connectivity index (χ1v) is 10.0. The molecule has 0 aliphatic rings. The standard InChI is InChI=1S/C21H16ClN3O4S/c1-11(26)23-14-5-3-13(4-6-14)16-10-25-20(28)18(30-21(25)24-16)9-12-7-15(22)19(27)17(8-12)29-2/h3-10,27H,1-2H3,(H,23,26)/b18-9-. The summed E-state index contributed by atoms with van der Waals surface area (Å²) in [7, 11) is 1.43. The van der Waals surface area contributed by atoms with Gasteiger partial charge in [-0.2, -0.15) is 0 Å². The van der Waals surface area contributed by atoms with Crippen molar-refractivity contribution in [1.29, 1.82) is 0 Å². The van der Waals surface area contributed by atoms with Crippen molar-refractivity contribution in [2.75, 3.05) is 12.4 Å². The molecule has 0 atom stereocenters. The molecular weight excluding hydrogens is 426 g/mol. The summed E-state index contributed by atoms with van der Waals surface area (Å²) in [5, 5.41) is 12.7. The molecule has 4 rings (SSSR count). The lowest BCUT2D eigenvalue weighted by Crippen LogP contribution is -2.22. The van der Waals surface area contributed by atoms with E-state index >= 15 is 0 Å². The lowest BCUT2D eigenvalue weighted by Gasteiger charge is -2.05. The molecule has 1 amide bonds. The number of imidazole rings is 1. The summed E-state index contributed by atoms with van der Waals surface area (Å²) in [6.07, 6.45) is 3.36. The molecule has 2 aromatic heterocycles. The molecule has 0 saturated heterocycles. The fourth-order valence-electron chi connectivity index (χ4n) is 2.98. The Kier molecular flexibility index (Phi) is 5.19. The molecular formula is C21H16ClN3O4S. The molecule has 0 saturated carbocycles. The van der Waals surface area contributed by atoms with Gasteiger partial charge in [-0.15, -0.1) is 0 Å². The Hall–Kier alpha value is -3.36. The monoisotopic (exact) mass is 441 g/mol. The van der Waals surface area contributed by atoms with E-state index < -0.39 is 0 Å². The molecule has 0 aliphatic carbocycles. The number of nitrogens with zero attached hydrogens (tertiary/aromatic N) is 2. The normalized spacial score (nSPS) is 11.8. The zero-order valence-electron chi connectivity index (χ0n) is 16.0. The molecule has 0 fully saturated rings. The maximum atomic E-state index is 12.8. The smallest absolute Gasteiger partial charge is 0.274 e. The summed E-state index contributed by atoms with van der Waals surface area (Å²) < 4.78 is 7.08. The summed E-state index contributed by atoms with van der Waals surface area (Å²) in [6.45, 7) is 1.45. The number of phenolic OH excluding ortho intramolecular Hbond substituents is 1. The van der Waals surface area contributed by atoms with Crippen LogP contribution in [0.3, 0.4) is 0 Å². The highest BCUT2D eigenvalue weighted by Gasteiger charge is 2.12. The average molecular weight is 442 g/mol. The van der Waals surface area contributed by atoms with Gasteiger partial charge in [0.25, 0.3) is 5.56 Å². The Balaban J connectivity index is 1.71. The third-order valence-electron chi connectivity index (χ3n) is 4.37. The highest BCUT2D eigenvalue weighted by Crippen LogP contribution is 2.35. The van der Waals surface area contributed by atoms with Crippen LogP contribution in [0.4, 0.5) is 5.69 Å². The van der Waals surface area contributed by atoms with Crippen LogP contribution in [0.2, 0.25) is 5.02 Å². The number of ether oxygens (including phenoxy) is 1. The van der Waals surface area contributed by atoms with E-state index in [0.717, 1.165) is 5.56 Å². The van der Waals surface area contributed by atoms with Crippen molar-refractivity contribution in [2.24, 2.45) is 0 Å². The molecule has 4 aromatic rings. The number of benzene rings is 2. The van der Waals surface area contributed by atoms with Gasteiger partial charge in [0.1, 0.15) is 0 Å². The first kappa shape index (κ1) is 19.9. The largest absolute Gasteiger partial charge is 0.503 e. The Labute approximate surface area is 179 Å². The van der Waals surface area contributed by atoms with Crippen LogP contribution in [0.25, 0.3) is 22.3 Å². The van der Waals surface area contributed by atoms with Gasteiger partial charge in [0.15, 0.2) is 16.5 Å². The molecule has 30 heavy (non-hydrogen) atoms. The predicted molar refractivity (Wildman–Crippen MR) is 118 cm³/mol. The summed E-state index contributed by atoms with van der Waals surface area (Å²) >= 11 is 7.27. The van der Waals surface area contributed by atoms with Crippen LogP contribution < -0.4 is 20.1 Å². The summed E-state index contributed by atoms with van der Waals surface area (Å²) in [6, 6.07) is 10.4. The number of thiazole rings is 1. The van der Waals surface area contributed by atoms with Crippen LogP contribution in [0.15, 0.2) is 47.4 Å². The number of amides is 1. The lowest BCUT2D eigenvalue weighted by atomic mass is 10.1. The van der Waals surface area contributed by atoms with E-state index in [9.17, 15) is 14.7 Å². The second-order valence-corrected chi connectivity index (χ2v) is 7.92. The van der Waals surface area contributed by atoms with Gasteiger partial charge in [0.2, 0.25) is 5.91 Å². The van der Waals surface area contributed by atoms with E-state index in [-0.39, 0.29) is 28.0 Å². The Bertz CT molecular complexity index is 1380. The molecule has 0 spiro atoms. The van der Waals surface area contributed by atoms with Crippen molar-refractivity contribution in [3.05, 3.63) is 68.1 Å². The van der Waals surface area contributed by atoms with Crippen LogP contribution in [-0.2, 0) is 4.79 Å². The average Bonchev–Trinajstić information content (AvgIpc) is 3.24. The van der Waals surface area contributed by atoms with Gasteiger partial charge in [0, 0.05) is 24.4 Å². The number of fused-ring (bicyclic) bond motifs is 1. The van der Waals surface area contributed by atoms with E-state index in [4.69, 9.17) is 16.3 Å². The van der Waals surface area contributed by atoms with Gasteiger partial charge in [-0.25, -0.2) is 4.98 Å². The van der Waals surface area contributed by atoms with Crippen molar-refractivity contribution in [3.8, 4) is 22.8 Å². The molecule has 2 heterocycles. The van der Waals surface area contributed by atoms with E-state index in [1.54, 1.807) is 36.5 Å².